The molecule has 2 aromatic carbocycles. The van der Waals surface area contributed by atoms with Crippen molar-refractivity contribution < 1.29 is 24.1 Å². The Morgan fingerprint density at radius 3 is 2.19 bits per heavy atom. The number of hydrogen-bond donors (Lipinski definition) is 2. The van der Waals surface area contributed by atoms with Gasteiger partial charge in [0.05, 0.1) is 13.2 Å². The molecule has 0 heterocycles. The van der Waals surface area contributed by atoms with E-state index in [1.54, 1.807) is 30.3 Å². The molecule has 0 atom stereocenters. The van der Waals surface area contributed by atoms with Crippen LogP contribution in [0.5, 0.6) is 11.5 Å². The summed E-state index contributed by atoms with van der Waals surface area (Å²) in [4.78, 5) is 0. The van der Waals surface area contributed by atoms with Crippen molar-refractivity contribution in [1.29, 1.82) is 0 Å². The average Bonchev–Trinajstić information content (AvgIpc) is 2.64. The first-order chi connectivity index (χ1) is 12.7. The summed E-state index contributed by atoms with van der Waals surface area (Å²) in [6.45, 7) is 2.86. The standard InChI is InChI=1S/C21H27FO4/c1-2-5-16-6-8-18(19(22)14-16)17-7-9-20(25-12-3-10-23)21(15-17)26-13-4-11-24/h6-9,14-15,23-24H,2-5,10-13H2,1H3. The van der Waals surface area contributed by atoms with Crippen molar-refractivity contribution in [3.8, 4) is 22.6 Å². The van der Waals surface area contributed by atoms with Gasteiger partial charge in [-0.2, -0.15) is 0 Å². The minimum absolute atomic E-state index is 0.0356. The highest BCUT2D eigenvalue weighted by atomic mass is 19.1. The molecule has 4 nitrogen and oxygen atoms in total. The van der Waals surface area contributed by atoms with Gasteiger partial charge >= 0.3 is 0 Å². The zero-order valence-electron chi connectivity index (χ0n) is 15.2. The van der Waals surface area contributed by atoms with Crippen molar-refractivity contribution in [2.45, 2.75) is 32.6 Å². The second kappa shape index (κ2) is 10.8. The Hall–Kier alpha value is -2.11. The Labute approximate surface area is 154 Å². The molecule has 5 heteroatoms. The summed E-state index contributed by atoms with van der Waals surface area (Å²) in [6, 6.07) is 10.6. The summed E-state index contributed by atoms with van der Waals surface area (Å²) in [6.07, 6.45) is 2.84. The molecule has 0 aliphatic rings. The highest BCUT2D eigenvalue weighted by Crippen LogP contribution is 2.34. The lowest BCUT2D eigenvalue weighted by Crippen LogP contribution is -2.05. The molecule has 0 spiro atoms. The van der Waals surface area contributed by atoms with E-state index in [1.807, 2.05) is 6.07 Å². The Morgan fingerprint density at radius 1 is 0.885 bits per heavy atom. The highest BCUT2D eigenvalue weighted by molar-refractivity contribution is 5.68. The lowest BCUT2D eigenvalue weighted by Gasteiger charge is -2.14. The minimum Gasteiger partial charge on any atom is -0.490 e. The van der Waals surface area contributed by atoms with Gasteiger partial charge in [0.1, 0.15) is 5.82 Å². The first kappa shape index (κ1) is 20.2. The van der Waals surface area contributed by atoms with Crippen LogP contribution in [0.1, 0.15) is 31.7 Å². The van der Waals surface area contributed by atoms with E-state index in [0.717, 1.165) is 18.4 Å². The van der Waals surface area contributed by atoms with E-state index >= 15 is 0 Å². The van der Waals surface area contributed by atoms with E-state index in [2.05, 4.69) is 6.92 Å². The molecule has 0 bridgehead atoms. The van der Waals surface area contributed by atoms with Gasteiger partial charge in [0, 0.05) is 31.6 Å². The molecule has 0 aliphatic heterocycles. The molecule has 0 unspecified atom stereocenters. The van der Waals surface area contributed by atoms with Gasteiger partial charge in [-0.25, -0.2) is 4.39 Å². The molecular weight excluding hydrogens is 335 g/mol. The molecule has 0 aromatic heterocycles. The number of rotatable bonds is 11. The van der Waals surface area contributed by atoms with Crippen molar-refractivity contribution in [2.75, 3.05) is 26.4 Å². The molecule has 0 aliphatic carbocycles. The van der Waals surface area contributed by atoms with Gasteiger partial charge in [-0.1, -0.05) is 31.5 Å². The van der Waals surface area contributed by atoms with Gasteiger partial charge in [-0.15, -0.1) is 0 Å². The second-order valence-electron chi connectivity index (χ2n) is 6.08. The van der Waals surface area contributed by atoms with Crippen LogP contribution in [0.4, 0.5) is 4.39 Å². The average molecular weight is 362 g/mol. The van der Waals surface area contributed by atoms with E-state index in [4.69, 9.17) is 19.7 Å². The molecule has 2 rings (SSSR count). The van der Waals surface area contributed by atoms with Crippen LogP contribution in [0.3, 0.4) is 0 Å². The normalized spacial score (nSPS) is 10.8. The number of aliphatic hydroxyl groups excluding tert-OH is 2. The van der Waals surface area contributed by atoms with Crippen LogP contribution in [-0.2, 0) is 6.42 Å². The van der Waals surface area contributed by atoms with Crippen LogP contribution in [0.2, 0.25) is 0 Å². The van der Waals surface area contributed by atoms with Crippen LogP contribution in [0.15, 0.2) is 36.4 Å². The van der Waals surface area contributed by atoms with Gasteiger partial charge in [0.2, 0.25) is 0 Å². The zero-order valence-corrected chi connectivity index (χ0v) is 15.2. The molecule has 26 heavy (non-hydrogen) atoms. The van der Waals surface area contributed by atoms with Crippen LogP contribution >= 0.6 is 0 Å². The number of benzene rings is 2. The number of ether oxygens (including phenoxy) is 2. The lowest BCUT2D eigenvalue weighted by molar-refractivity contribution is 0.211. The molecule has 0 amide bonds. The summed E-state index contributed by atoms with van der Waals surface area (Å²) in [5.74, 6) is 0.792. The Bertz CT molecular complexity index is 688. The summed E-state index contributed by atoms with van der Waals surface area (Å²) in [5.41, 5.74) is 2.20. The van der Waals surface area contributed by atoms with E-state index in [9.17, 15) is 4.39 Å². The van der Waals surface area contributed by atoms with E-state index in [-0.39, 0.29) is 19.0 Å². The first-order valence-electron chi connectivity index (χ1n) is 9.09. The van der Waals surface area contributed by atoms with E-state index in [0.29, 0.717) is 48.7 Å². The molecular formula is C21H27FO4. The van der Waals surface area contributed by atoms with E-state index < -0.39 is 0 Å². The fourth-order valence-corrected chi connectivity index (χ4v) is 2.64. The SMILES string of the molecule is CCCc1ccc(-c2ccc(OCCCO)c(OCCCO)c2)c(F)c1. The van der Waals surface area contributed by atoms with Crippen LogP contribution in [0, 0.1) is 5.82 Å². The van der Waals surface area contributed by atoms with Crippen molar-refractivity contribution >= 4 is 0 Å². The van der Waals surface area contributed by atoms with Gasteiger partial charge in [0.25, 0.3) is 0 Å². The monoisotopic (exact) mass is 362 g/mol. The predicted molar refractivity (Wildman–Crippen MR) is 100 cm³/mol. The number of halogens is 1. The van der Waals surface area contributed by atoms with Crippen molar-refractivity contribution in [2.24, 2.45) is 0 Å². The number of hydrogen-bond acceptors (Lipinski definition) is 4. The molecule has 0 radical (unpaired) electrons. The van der Waals surface area contributed by atoms with Gasteiger partial charge in [0.15, 0.2) is 11.5 Å². The highest BCUT2D eigenvalue weighted by Gasteiger charge is 2.12. The molecule has 2 aromatic rings. The van der Waals surface area contributed by atoms with Crippen molar-refractivity contribution in [3.05, 3.63) is 47.8 Å². The van der Waals surface area contributed by atoms with E-state index in [1.165, 1.54) is 0 Å². The predicted octanol–water partition coefficient (Wildman–Crippen LogP) is 3.97. The fraction of sp³-hybridized carbons (Fsp3) is 0.429. The van der Waals surface area contributed by atoms with Crippen molar-refractivity contribution in [1.82, 2.24) is 0 Å². The Balaban J connectivity index is 2.26. The topological polar surface area (TPSA) is 58.9 Å². The van der Waals surface area contributed by atoms with Crippen LogP contribution in [0.25, 0.3) is 11.1 Å². The fourth-order valence-electron chi connectivity index (χ4n) is 2.64. The van der Waals surface area contributed by atoms with Gasteiger partial charge in [-0.3, -0.25) is 0 Å². The first-order valence-corrected chi connectivity index (χ1v) is 9.09. The third-order valence-electron chi connectivity index (χ3n) is 3.95. The molecule has 0 saturated carbocycles. The van der Waals surface area contributed by atoms with Crippen LogP contribution in [-0.4, -0.2) is 36.6 Å². The maximum absolute atomic E-state index is 14.5. The third kappa shape index (κ3) is 5.71. The Morgan fingerprint density at radius 2 is 1.58 bits per heavy atom. The van der Waals surface area contributed by atoms with Gasteiger partial charge < -0.3 is 19.7 Å². The summed E-state index contributed by atoms with van der Waals surface area (Å²) in [5, 5.41) is 17.8. The molecule has 2 N–H and O–H groups in total. The quantitative estimate of drug-likeness (QED) is 0.594. The summed E-state index contributed by atoms with van der Waals surface area (Å²) >= 11 is 0. The summed E-state index contributed by atoms with van der Waals surface area (Å²) in [7, 11) is 0. The maximum Gasteiger partial charge on any atom is 0.161 e. The van der Waals surface area contributed by atoms with Gasteiger partial charge in [-0.05, 0) is 35.7 Å². The molecule has 142 valence electrons. The summed E-state index contributed by atoms with van der Waals surface area (Å²) < 4.78 is 25.9. The number of aliphatic hydroxyl groups is 2. The Kier molecular flexibility index (Phi) is 8.38. The minimum atomic E-state index is -0.258. The second-order valence-corrected chi connectivity index (χ2v) is 6.08. The molecule has 0 saturated heterocycles. The molecule has 0 fully saturated rings. The third-order valence-corrected chi connectivity index (χ3v) is 3.95. The lowest BCUT2D eigenvalue weighted by atomic mass is 10.0. The number of aryl methyl sites for hydroxylation is 1. The van der Waals surface area contributed by atoms with Crippen LogP contribution < -0.4 is 9.47 Å². The zero-order chi connectivity index (χ0) is 18.8. The smallest absolute Gasteiger partial charge is 0.161 e. The maximum atomic E-state index is 14.5. The van der Waals surface area contributed by atoms with Crippen molar-refractivity contribution in [3.63, 3.8) is 0 Å². The largest absolute Gasteiger partial charge is 0.490 e.